The number of thioether (sulfide) groups is 1. The number of amidine groups is 1. The van der Waals surface area contributed by atoms with Crippen LogP contribution in [0.25, 0.3) is 6.08 Å². The van der Waals surface area contributed by atoms with E-state index in [2.05, 4.69) is 20.9 Å². The molecule has 1 N–H and O–H groups in total. The number of nitrogens with zero attached hydrogens (tertiary/aromatic N) is 2. The molecule has 2 aromatic carbocycles. The van der Waals surface area contributed by atoms with Gasteiger partial charge in [-0.15, -0.1) is 0 Å². The molecule has 0 aromatic heterocycles. The first-order valence-electron chi connectivity index (χ1n) is 10.0. The summed E-state index contributed by atoms with van der Waals surface area (Å²) in [4.78, 5) is 30.7. The number of carboxylic acids is 1. The number of ether oxygens (including phenoxy) is 4. The van der Waals surface area contributed by atoms with Crippen molar-refractivity contribution in [1.82, 2.24) is 4.90 Å². The zero-order valence-corrected chi connectivity index (χ0v) is 21.1. The Morgan fingerprint density at radius 1 is 1.15 bits per heavy atom. The molecular weight excluding hydrogens is 528 g/mol. The second kappa shape index (κ2) is 11.9. The number of benzene rings is 2. The Kier molecular flexibility index (Phi) is 8.97. The molecule has 9 nitrogen and oxygen atoms in total. The van der Waals surface area contributed by atoms with E-state index in [-0.39, 0.29) is 11.7 Å². The molecule has 1 amide bonds. The van der Waals surface area contributed by atoms with Crippen LogP contribution in [0.4, 0.5) is 5.69 Å². The summed E-state index contributed by atoms with van der Waals surface area (Å²) in [7, 11) is 4.62. The third-order valence-electron chi connectivity index (χ3n) is 4.62. The number of rotatable bonds is 10. The fourth-order valence-electron chi connectivity index (χ4n) is 2.95. The van der Waals surface area contributed by atoms with Crippen LogP contribution < -0.4 is 14.2 Å². The minimum atomic E-state index is -1.10. The summed E-state index contributed by atoms with van der Waals surface area (Å²) >= 11 is 4.71. The fourth-order valence-corrected chi connectivity index (χ4v) is 4.41. The van der Waals surface area contributed by atoms with Gasteiger partial charge in [-0.1, -0.05) is 15.9 Å². The molecule has 1 heterocycles. The van der Waals surface area contributed by atoms with E-state index in [1.54, 1.807) is 49.5 Å². The number of halogens is 1. The van der Waals surface area contributed by atoms with Gasteiger partial charge in [-0.2, -0.15) is 0 Å². The van der Waals surface area contributed by atoms with Crippen LogP contribution in [0.5, 0.6) is 17.2 Å². The Bertz CT molecular complexity index is 1120. The first-order chi connectivity index (χ1) is 16.4. The number of hydrogen-bond donors (Lipinski definition) is 1. The summed E-state index contributed by atoms with van der Waals surface area (Å²) < 4.78 is 21.6. The molecule has 180 valence electrons. The van der Waals surface area contributed by atoms with Crippen molar-refractivity contribution in [3.8, 4) is 17.2 Å². The summed E-state index contributed by atoms with van der Waals surface area (Å²) in [6.07, 6.45) is 1.72. The van der Waals surface area contributed by atoms with Gasteiger partial charge in [0.2, 0.25) is 0 Å². The maximum atomic E-state index is 13.2. The largest absolute Gasteiger partial charge is 0.497 e. The van der Waals surface area contributed by atoms with Crippen LogP contribution in [0.1, 0.15) is 5.56 Å². The number of methoxy groups -OCH3 is 3. The predicted molar refractivity (Wildman–Crippen MR) is 133 cm³/mol. The first-order valence-corrected chi connectivity index (χ1v) is 11.6. The van der Waals surface area contributed by atoms with Gasteiger partial charge >= 0.3 is 5.97 Å². The van der Waals surface area contributed by atoms with Crippen molar-refractivity contribution < 1.29 is 33.6 Å². The van der Waals surface area contributed by atoms with Gasteiger partial charge in [-0.25, -0.2) is 9.79 Å². The SMILES string of the molecule is COCCN1C(=O)/C(=C/c2cc(OC)c(OCC(=O)O)cc2Br)SC1=Nc1ccc(OC)cc1. The minimum absolute atomic E-state index is 0.202. The summed E-state index contributed by atoms with van der Waals surface area (Å²) in [5.41, 5.74) is 1.34. The Labute approximate surface area is 209 Å². The van der Waals surface area contributed by atoms with Crippen molar-refractivity contribution >= 4 is 56.5 Å². The van der Waals surface area contributed by atoms with Gasteiger partial charge in [0.1, 0.15) is 5.75 Å². The number of aliphatic imine (C=N–C) groups is 1. The topological polar surface area (TPSA) is 107 Å². The molecule has 3 rings (SSSR count). The second-order valence-corrected chi connectivity index (χ2v) is 8.72. The highest BCUT2D eigenvalue weighted by Gasteiger charge is 2.33. The molecule has 0 unspecified atom stereocenters. The molecule has 0 radical (unpaired) electrons. The van der Waals surface area contributed by atoms with E-state index in [4.69, 9.17) is 24.1 Å². The maximum absolute atomic E-state index is 13.2. The average Bonchev–Trinajstić information content (AvgIpc) is 3.11. The smallest absolute Gasteiger partial charge is 0.341 e. The molecule has 1 aliphatic rings. The maximum Gasteiger partial charge on any atom is 0.341 e. The van der Waals surface area contributed by atoms with E-state index in [1.807, 2.05) is 12.1 Å². The lowest BCUT2D eigenvalue weighted by Crippen LogP contribution is -2.32. The predicted octanol–water partition coefficient (Wildman–Crippen LogP) is 4.18. The molecule has 0 bridgehead atoms. The van der Waals surface area contributed by atoms with Gasteiger partial charge in [0.25, 0.3) is 5.91 Å². The van der Waals surface area contributed by atoms with E-state index in [1.165, 1.54) is 18.9 Å². The summed E-state index contributed by atoms with van der Waals surface area (Å²) in [6.45, 7) is 0.201. The summed E-state index contributed by atoms with van der Waals surface area (Å²) in [6, 6.07) is 10.5. The normalized spacial score (nSPS) is 15.8. The molecule has 34 heavy (non-hydrogen) atoms. The molecule has 0 aliphatic carbocycles. The van der Waals surface area contributed by atoms with Gasteiger partial charge in [-0.05, 0) is 59.8 Å². The number of carboxylic acid groups (broad SMARTS) is 1. The van der Waals surface area contributed by atoms with Crippen LogP contribution in [-0.2, 0) is 14.3 Å². The molecule has 0 atom stereocenters. The zero-order valence-electron chi connectivity index (χ0n) is 18.7. The number of carbonyl (C=O) groups excluding carboxylic acids is 1. The molecule has 11 heteroatoms. The summed E-state index contributed by atoms with van der Waals surface area (Å²) in [5.74, 6) is 0.0250. The van der Waals surface area contributed by atoms with E-state index < -0.39 is 12.6 Å². The van der Waals surface area contributed by atoms with Crippen LogP contribution in [0.2, 0.25) is 0 Å². The second-order valence-electron chi connectivity index (χ2n) is 6.86. The third-order valence-corrected chi connectivity index (χ3v) is 6.32. The number of aliphatic carboxylic acids is 1. The van der Waals surface area contributed by atoms with Gasteiger partial charge in [0, 0.05) is 11.6 Å². The third kappa shape index (κ3) is 6.31. The molecule has 0 spiro atoms. The van der Waals surface area contributed by atoms with Crippen LogP contribution in [0.15, 0.2) is 50.8 Å². The minimum Gasteiger partial charge on any atom is -0.497 e. The molecule has 1 saturated heterocycles. The number of carbonyl (C=O) groups is 2. The molecular formula is C23H23BrN2O7S. The lowest BCUT2D eigenvalue weighted by Gasteiger charge is -2.14. The van der Waals surface area contributed by atoms with Crippen molar-refractivity contribution in [2.24, 2.45) is 4.99 Å². The molecule has 1 fully saturated rings. The molecule has 1 aliphatic heterocycles. The highest BCUT2D eigenvalue weighted by Crippen LogP contribution is 2.38. The van der Waals surface area contributed by atoms with Crippen molar-refractivity contribution in [1.29, 1.82) is 0 Å². The highest BCUT2D eigenvalue weighted by atomic mass is 79.9. The van der Waals surface area contributed by atoms with Crippen LogP contribution in [0.3, 0.4) is 0 Å². The standard InChI is InChI=1S/C23H23BrN2O7S/c1-30-9-8-26-22(29)20(34-23(26)25-15-4-6-16(31-2)7-5-15)11-14-10-18(32-3)19(12-17(14)24)33-13-21(27)28/h4-7,10-12H,8-9,13H2,1-3H3,(H,27,28)/b20-11-,25-23?. The van der Waals surface area contributed by atoms with E-state index in [9.17, 15) is 9.59 Å². The Balaban J connectivity index is 1.93. The first kappa shape index (κ1) is 25.6. The van der Waals surface area contributed by atoms with Gasteiger partial charge in [0.15, 0.2) is 23.3 Å². The monoisotopic (exact) mass is 550 g/mol. The lowest BCUT2D eigenvalue weighted by atomic mass is 10.2. The zero-order chi connectivity index (χ0) is 24.7. The number of hydrogen-bond acceptors (Lipinski definition) is 8. The Hall–Kier alpha value is -3.02. The van der Waals surface area contributed by atoms with E-state index >= 15 is 0 Å². The fraction of sp³-hybridized carbons (Fsp3) is 0.261. The van der Waals surface area contributed by atoms with Crippen LogP contribution in [0, 0.1) is 0 Å². The highest BCUT2D eigenvalue weighted by molar-refractivity contribution is 9.10. The quantitative estimate of drug-likeness (QED) is 0.439. The molecule has 0 saturated carbocycles. The lowest BCUT2D eigenvalue weighted by molar-refractivity contribution is -0.139. The van der Waals surface area contributed by atoms with Crippen LogP contribution in [-0.4, -0.2) is 68.1 Å². The summed E-state index contributed by atoms with van der Waals surface area (Å²) in [5, 5.41) is 9.40. The van der Waals surface area contributed by atoms with E-state index in [0.717, 1.165) is 0 Å². The van der Waals surface area contributed by atoms with E-state index in [0.29, 0.717) is 50.4 Å². The Morgan fingerprint density at radius 2 is 1.88 bits per heavy atom. The van der Waals surface area contributed by atoms with Crippen molar-refractivity contribution in [3.05, 3.63) is 51.3 Å². The van der Waals surface area contributed by atoms with Crippen molar-refractivity contribution in [2.75, 3.05) is 41.1 Å². The van der Waals surface area contributed by atoms with Gasteiger partial charge < -0.3 is 24.1 Å². The van der Waals surface area contributed by atoms with Crippen LogP contribution >= 0.6 is 27.7 Å². The van der Waals surface area contributed by atoms with Crippen molar-refractivity contribution in [3.63, 3.8) is 0 Å². The Morgan fingerprint density at radius 3 is 2.50 bits per heavy atom. The number of amides is 1. The van der Waals surface area contributed by atoms with Crippen molar-refractivity contribution in [2.45, 2.75) is 0 Å². The van der Waals surface area contributed by atoms with Gasteiger partial charge in [-0.3, -0.25) is 9.69 Å². The molecule has 2 aromatic rings. The van der Waals surface area contributed by atoms with Gasteiger partial charge in [0.05, 0.1) is 38.0 Å². The average molecular weight is 551 g/mol.